The van der Waals surface area contributed by atoms with Crippen LogP contribution >= 0.6 is 0 Å². The average Bonchev–Trinajstić information content (AvgIpc) is 2.15. The van der Waals surface area contributed by atoms with E-state index in [0.717, 1.165) is 0 Å². The Labute approximate surface area is 82.9 Å². The fourth-order valence-electron chi connectivity index (χ4n) is 1.26. The van der Waals surface area contributed by atoms with Gasteiger partial charge in [0.15, 0.2) is 0 Å². The maximum Gasteiger partial charge on any atom is 0.296 e. The van der Waals surface area contributed by atoms with Gasteiger partial charge in [-0.2, -0.15) is 8.42 Å². The molecule has 1 aromatic rings. The third kappa shape index (κ3) is 2.31. The highest BCUT2D eigenvalue weighted by Crippen LogP contribution is 2.22. The molecule has 1 rings (SSSR count). The van der Waals surface area contributed by atoms with Gasteiger partial charge in [-0.05, 0) is 12.0 Å². The summed E-state index contributed by atoms with van der Waals surface area (Å²) in [5.74, 6) is 0. The first-order chi connectivity index (χ1) is 6.46. The summed E-state index contributed by atoms with van der Waals surface area (Å²) in [4.78, 5) is 0. The minimum absolute atomic E-state index is 0.234. The van der Waals surface area contributed by atoms with Crippen LogP contribution in [0.2, 0.25) is 0 Å². The molecule has 0 amide bonds. The van der Waals surface area contributed by atoms with Crippen LogP contribution in [0.4, 0.5) is 0 Å². The molecule has 0 fully saturated rings. The lowest BCUT2D eigenvalue weighted by atomic mass is 10.1. The molecule has 78 valence electrons. The van der Waals surface area contributed by atoms with Gasteiger partial charge in [0.05, 0.1) is 0 Å². The van der Waals surface area contributed by atoms with Gasteiger partial charge in [0.25, 0.3) is 10.1 Å². The molecular formula is C9H12O4S. The van der Waals surface area contributed by atoms with Crippen LogP contribution in [0.1, 0.15) is 23.5 Å². The predicted molar refractivity (Wildman–Crippen MR) is 52.3 cm³/mol. The average molecular weight is 216 g/mol. The molecule has 0 heterocycles. The van der Waals surface area contributed by atoms with E-state index in [2.05, 4.69) is 0 Å². The third-order valence-electron chi connectivity index (χ3n) is 1.98. The van der Waals surface area contributed by atoms with E-state index in [0.29, 0.717) is 12.0 Å². The molecule has 0 aliphatic carbocycles. The van der Waals surface area contributed by atoms with Crippen LogP contribution < -0.4 is 0 Å². The van der Waals surface area contributed by atoms with E-state index >= 15 is 0 Å². The van der Waals surface area contributed by atoms with Crippen LogP contribution in [0.25, 0.3) is 0 Å². The van der Waals surface area contributed by atoms with Crippen molar-refractivity contribution in [2.24, 2.45) is 0 Å². The van der Waals surface area contributed by atoms with Crippen molar-refractivity contribution in [1.82, 2.24) is 0 Å². The number of hydrogen-bond acceptors (Lipinski definition) is 3. The highest BCUT2D eigenvalue weighted by molar-refractivity contribution is 7.85. The second-order valence-electron chi connectivity index (χ2n) is 2.92. The Balaban J connectivity index is 3.19. The quantitative estimate of drug-likeness (QED) is 0.743. The highest BCUT2D eigenvalue weighted by atomic mass is 32.2. The van der Waals surface area contributed by atoms with Crippen LogP contribution in [0.15, 0.2) is 24.3 Å². The normalized spacial score (nSPS) is 13.9. The molecular weight excluding hydrogens is 204 g/mol. The lowest BCUT2D eigenvalue weighted by Crippen LogP contribution is -2.13. The van der Waals surface area contributed by atoms with Crippen molar-refractivity contribution in [3.8, 4) is 0 Å². The van der Waals surface area contributed by atoms with Crippen molar-refractivity contribution in [2.45, 2.75) is 18.8 Å². The van der Waals surface area contributed by atoms with Gasteiger partial charge in [0, 0.05) is 5.56 Å². The number of hydrogen-bond donors (Lipinski definition) is 2. The first-order valence-corrected chi connectivity index (χ1v) is 5.69. The van der Waals surface area contributed by atoms with Crippen molar-refractivity contribution < 1.29 is 18.1 Å². The van der Waals surface area contributed by atoms with Crippen molar-refractivity contribution in [3.63, 3.8) is 0 Å². The van der Waals surface area contributed by atoms with Gasteiger partial charge in [0.2, 0.25) is 5.44 Å². The lowest BCUT2D eigenvalue weighted by Gasteiger charge is -2.11. The Morgan fingerprint density at radius 2 is 1.93 bits per heavy atom. The van der Waals surface area contributed by atoms with E-state index in [4.69, 9.17) is 4.55 Å². The molecule has 2 N–H and O–H groups in total. The molecule has 4 nitrogen and oxygen atoms in total. The first-order valence-electron chi connectivity index (χ1n) is 4.19. The summed E-state index contributed by atoms with van der Waals surface area (Å²) in [6.45, 7) is 1.84. The standard InChI is InChI=1S/C9H12O4S/c1-2-7-5-3-4-6-8(7)9(10)14(11,12)13/h3-6,9-10H,2H2,1H3,(H,11,12,13). The van der Waals surface area contributed by atoms with Crippen molar-refractivity contribution in [3.05, 3.63) is 35.4 Å². The van der Waals surface area contributed by atoms with Crippen LogP contribution in [0.3, 0.4) is 0 Å². The zero-order chi connectivity index (χ0) is 10.8. The van der Waals surface area contributed by atoms with E-state index in [1.807, 2.05) is 6.92 Å². The second kappa shape index (κ2) is 4.08. The summed E-state index contributed by atoms with van der Waals surface area (Å²) in [7, 11) is -4.43. The Kier molecular flexibility index (Phi) is 3.25. The summed E-state index contributed by atoms with van der Waals surface area (Å²) in [5.41, 5.74) is -0.909. The number of aliphatic hydroxyl groups is 1. The summed E-state index contributed by atoms with van der Waals surface area (Å²) in [6.07, 6.45) is 0.600. The van der Waals surface area contributed by atoms with E-state index < -0.39 is 15.6 Å². The fourth-order valence-corrected chi connectivity index (χ4v) is 1.81. The largest absolute Gasteiger partial charge is 0.371 e. The van der Waals surface area contributed by atoms with Gasteiger partial charge < -0.3 is 5.11 Å². The Hall–Kier alpha value is -0.910. The molecule has 0 spiro atoms. The van der Waals surface area contributed by atoms with E-state index in [1.54, 1.807) is 18.2 Å². The zero-order valence-electron chi connectivity index (χ0n) is 7.71. The lowest BCUT2D eigenvalue weighted by molar-refractivity contribution is 0.237. The number of rotatable bonds is 3. The Morgan fingerprint density at radius 1 is 1.36 bits per heavy atom. The van der Waals surface area contributed by atoms with Gasteiger partial charge in [-0.25, -0.2) is 0 Å². The van der Waals surface area contributed by atoms with E-state index in [-0.39, 0.29) is 5.56 Å². The maximum atomic E-state index is 10.7. The number of benzene rings is 1. The molecule has 0 aromatic heterocycles. The van der Waals surface area contributed by atoms with E-state index in [9.17, 15) is 13.5 Å². The molecule has 0 saturated heterocycles. The van der Waals surface area contributed by atoms with Crippen LogP contribution in [-0.4, -0.2) is 18.1 Å². The smallest absolute Gasteiger partial charge is 0.296 e. The monoisotopic (exact) mass is 216 g/mol. The van der Waals surface area contributed by atoms with Crippen molar-refractivity contribution >= 4 is 10.1 Å². The van der Waals surface area contributed by atoms with Gasteiger partial charge in [-0.3, -0.25) is 4.55 Å². The Bertz CT molecular complexity index is 411. The highest BCUT2D eigenvalue weighted by Gasteiger charge is 2.23. The van der Waals surface area contributed by atoms with Gasteiger partial charge in [-0.1, -0.05) is 31.2 Å². The molecule has 5 heteroatoms. The SMILES string of the molecule is CCc1ccccc1C(O)S(=O)(=O)O. The topological polar surface area (TPSA) is 74.6 Å². The molecule has 1 aromatic carbocycles. The fraction of sp³-hybridized carbons (Fsp3) is 0.333. The van der Waals surface area contributed by atoms with Crippen LogP contribution in [0, 0.1) is 0 Å². The van der Waals surface area contributed by atoms with Crippen molar-refractivity contribution in [2.75, 3.05) is 0 Å². The molecule has 1 unspecified atom stereocenters. The molecule has 14 heavy (non-hydrogen) atoms. The summed E-state index contributed by atoms with van der Waals surface area (Å²) < 4.78 is 30.1. The summed E-state index contributed by atoms with van der Waals surface area (Å²) >= 11 is 0. The van der Waals surface area contributed by atoms with Crippen LogP contribution in [-0.2, 0) is 16.5 Å². The number of aliphatic hydroxyl groups excluding tert-OH is 1. The second-order valence-corrected chi connectivity index (χ2v) is 4.40. The molecule has 1 atom stereocenters. The third-order valence-corrected chi connectivity index (χ3v) is 2.80. The first kappa shape index (κ1) is 11.2. The maximum absolute atomic E-state index is 10.7. The van der Waals surface area contributed by atoms with Gasteiger partial charge in [0.1, 0.15) is 0 Å². The number of aryl methyl sites for hydroxylation is 1. The Morgan fingerprint density at radius 3 is 2.43 bits per heavy atom. The predicted octanol–water partition coefficient (Wildman–Crippen LogP) is 1.13. The molecule has 0 saturated carbocycles. The molecule has 0 aliphatic heterocycles. The zero-order valence-corrected chi connectivity index (χ0v) is 8.53. The minimum atomic E-state index is -4.43. The van der Waals surface area contributed by atoms with Crippen molar-refractivity contribution in [1.29, 1.82) is 0 Å². The minimum Gasteiger partial charge on any atom is -0.371 e. The molecule has 0 radical (unpaired) electrons. The van der Waals surface area contributed by atoms with Gasteiger partial charge in [-0.15, -0.1) is 0 Å². The van der Waals surface area contributed by atoms with Crippen LogP contribution in [0.5, 0.6) is 0 Å². The summed E-state index contributed by atoms with van der Waals surface area (Å²) in [5, 5.41) is 9.33. The van der Waals surface area contributed by atoms with E-state index in [1.165, 1.54) is 6.07 Å². The summed E-state index contributed by atoms with van der Waals surface area (Å²) in [6, 6.07) is 6.56. The van der Waals surface area contributed by atoms with Gasteiger partial charge >= 0.3 is 0 Å². The molecule has 0 aliphatic rings. The molecule has 0 bridgehead atoms.